The maximum absolute atomic E-state index is 12.1. The minimum atomic E-state index is 0.0444. The molecule has 2 N–H and O–H groups in total. The van der Waals surface area contributed by atoms with Gasteiger partial charge in [0.25, 0.3) is 0 Å². The molecule has 2 unspecified atom stereocenters. The van der Waals surface area contributed by atoms with E-state index < -0.39 is 0 Å². The van der Waals surface area contributed by atoms with Gasteiger partial charge < -0.3 is 10.6 Å². The lowest BCUT2D eigenvalue weighted by atomic mass is 10.1. The molecule has 1 aliphatic carbocycles. The van der Waals surface area contributed by atoms with Crippen LogP contribution in [0.25, 0.3) is 0 Å². The Morgan fingerprint density at radius 3 is 2.56 bits per heavy atom. The lowest BCUT2D eigenvalue weighted by molar-refractivity contribution is -0.132. The molecule has 3 heteroatoms. The molecular weight excluding hydrogens is 224 g/mol. The molecule has 3 nitrogen and oxygen atoms in total. The lowest BCUT2D eigenvalue weighted by Crippen LogP contribution is -2.35. The van der Waals surface area contributed by atoms with E-state index in [1.807, 2.05) is 25.2 Å². The maximum Gasteiger partial charge on any atom is 0.224 e. The Balaban J connectivity index is 1.93. The standard InChI is InChI=1S/C15H22N2O/c1-11(12-6-4-3-5-7-12)17(2)15(18)10-14(16)13-8-9-13/h3-7,11,13-14H,8-10,16H2,1-2H3. The highest BCUT2D eigenvalue weighted by molar-refractivity contribution is 5.77. The van der Waals surface area contributed by atoms with Crippen LogP contribution in [-0.4, -0.2) is 23.9 Å². The molecule has 0 bridgehead atoms. The molecular formula is C15H22N2O. The first-order valence-electron chi connectivity index (χ1n) is 6.65. The molecule has 98 valence electrons. The summed E-state index contributed by atoms with van der Waals surface area (Å²) in [5.74, 6) is 0.722. The summed E-state index contributed by atoms with van der Waals surface area (Å²) in [7, 11) is 1.86. The van der Waals surface area contributed by atoms with Gasteiger partial charge in [0.2, 0.25) is 5.91 Å². The predicted octanol–water partition coefficient (Wildman–Crippen LogP) is 2.33. The Morgan fingerprint density at radius 2 is 2.00 bits per heavy atom. The summed E-state index contributed by atoms with van der Waals surface area (Å²) < 4.78 is 0. The predicted molar refractivity (Wildman–Crippen MR) is 72.9 cm³/mol. The fourth-order valence-electron chi connectivity index (χ4n) is 2.21. The van der Waals surface area contributed by atoms with Gasteiger partial charge in [0.15, 0.2) is 0 Å². The number of nitrogens with zero attached hydrogens (tertiary/aromatic N) is 1. The van der Waals surface area contributed by atoms with E-state index in [1.165, 1.54) is 12.8 Å². The summed E-state index contributed by atoms with van der Waals surface area (Å²) in [4.78, 5) is 13.9. The summed E-state index contributed by atoms with van der Waals surface area (Å²) in [5.41, 5.74) is 7.17. The zero-order valence-corrected chi connectivity index (χ0v) is 11.2. The third kappa shape index (κ3) is 3.10. The van der Waals surface area contributed by atoms with E-state index >= 15 is 0 Å². The lowest BCUT2D eigenvalue weighted by Gasteiger charge is -2.26. The van der Waals surface area contributed by atoms with Gasteiger partial charge in [-0.25, -0.2) is 0 Å². The number of nitrogens with two attached hydrogens (primary N) is 1. The van der Waals surface area contributed by atoms with Crippen LogP contribution in [0.1, 0.15) is 37.8 Å². The van der Waals surface area contributed by atoms with Crippen LogP contribution in [0.3, 0.4) is 0 Å². The molecule has 0 aliphatic heterocycles. The Kier molecular flexibility index (Phi) is 4.02. The molecule has 0 spiro atoms. The molecule has 1 aromatic rings. The van der Waals surface area contributed by atoms with Crippen LogP contribution >= 0.6 is 0 Å². The van der Waals surface area contributed by atoms with Crippen molar-refractivity contribution in [3.8, 4) is 0 Å². The number of carbonyl (C=O) groups excluding carboxylic acids is 1. The normalized spacial score (nSPS) is 18.2. The summed E-state index contributed by atoms with van der Waals surface area (Å²) >= 11 is 0. The highest BCUT2D eigenvalue weighted by Gasteiger charge is 2.31. The minimum absolute atomic E-state index is 0.0444. The van der Waals surface area contributed by atoms with E-state index in [2.05, 4.69) is 19.1 Å². The Hall–Kier alpha value is -1.35. The fraction of sp³-hybridized carbons (Fsp3) is 0.533. The van der Waals surface area contributed by atoms with Crippen molar-refractivity contribution in [2.24, 2.45) is 11.7 Å². The van der Waals surface area contributed by atoms with Gasteiger partial charge in [0.05, 0.1) is 6.04 Å². The van der Waals surface area contributed by atoms with Gasteiger partial charge in [-0.3, -0.25) is 4.79 Å². The third-order valence-electron chi connectivity index (χ3n) is 3.89. The summed E-state index contributed by atoms with van der Waals surface area (Å²) in [6, 6.07) is 10.2. The second-order valence-electron chi connectivity index (χ2n) is 5.30. The maximum atomic E-state index is 12.1. The first kappa shape index (κ1) is 13.1. The van der Waals surface area contributed by atoms with Crippen LogP contribution < -0.4 is 5.73 Å². The SMILES string of the molecule is CC(c1ccccc1)N(C)C(=O)CC(N)C1CC1. The van der Waals surface area contributed by atoms with Crippen LogP contribution in [0.5, 0.6) is 0 Å². The molecule has 0 aromatic heterocycles. The largest absolute Gasteiger partial charge is 0.339 e. The van der Waals surface area contributed by atoms with Crippen molar-refractivity contribution in [3.63, 3.8) is 0 Å². The zero-order valence-electron chi connectivity index (χ0n) is 11.2. The molecule has 2 atom stereocenters. The summed E-state index contributed by atoms with van der Waals surface area (Å²) in [5, 5.41) is 0. The topological polar surface area (TPSA) is 46.3 Å². The monoisotopic (exact) mass is 246 g/mol. The van der Waals surface area contributed by atoms with Crippen molar-refractivity contribution < 1.29 is 4.79 Å². The second-order valence-corrected chi connectivity index (χ2v) is 5.30. The molecule has 1 saturated carbocycles. The zero-order chi connectivity index (χ0) is 13.1. The highest BCUT2D eigenvalue weighted by Crippen LogP contribution is 2.33. The van der Waals surface area contributed by atoms with Crippen molar-refractivity contribution in [2.45, 2.75) is 38.3 Å². The van der Waals surface area contributed by atoms with Gasteiger partial charge in [-0.2, -0.15) is 0 Å². The number of hydrogen-bond donors (Lipinski definition) is 1. The molecule has 2 rings (SSSR count). The molecule has 1 aromatic carbocycles. The molecule has 0 heterocycles. The highest BCUT2D eigenvalue weighted by atomic mass is 16.2. The summed E-state index contributed by atoms with van der Waals surface area (Å²) in [6.45, 7) is 2.05. The first-order chi connectivity index (χ1) is 8.59. The smallest absolute Gasteiger partial charge is 0.224 e. The Morgan fingerprint density at radius 1 is 1.39 bits per heavy atom. The van der Waals surface area contributed by atoms with E-state index in [9.17, 15) is 4.79 Å². The minimum Gasteiger partial charge on any atom is -0.339 e. The first-order valence-corrected chi connectivity index (χ1v) is 6.65. The molecule has 1 amide bonds. The number of benzene rings is 1. The van der Waals surface area contributed by atoms with Crippen LogP contribution in [0.15, 0.2) is 30.3 Å². The van der Waals surface area contributed by atoms with E-state index in [1.54, 1.807) is 4.90 Å². The third-order valence-corrected chi connectivity index (χ3v) is 3.89. The van der Waals surface area contributed by atoms with Gasteiger partial charge >= 0.3 is 0 Å². The van der Waals surface area contributed by atoms with Crippen molar-refractivity contribution in [2.75, 3.05) is 7.05 Å². The molecule has 18 heavy (non-hydrogen) atoms. The van der Waals surface area contributed by atoms with E-state index in [4.69, 9.17) is 5.73 Å². The number of rotatable bonds is 5. The van der Waals surface area contributed by atoms with Crippen molar-refractivity contribution in [3.05, 3.63) is 35.9 Å². The van der Waals surface area contributed by atoms with Crippen LogP contribution in [0, 0.1) is 5.92 Å². The van der Waals surface area contributed by atoms with Crippen molar-refractivity contribution >= 4 is 5.91 Å². The van der Waals surface area contributed by atoms with Gasteiger partial charge in [0, 0.05) is 19.5 Å². The Bertz CT molecular complexity index is 400. The van der Waals surface area contributed by atoms with E-state index in [-0.39, 0.29) is 18.0 Å². The van der Waals surface area contributed by atoms with Gasteiger partial charge in [-0.15, -0.1) is 0 Å². The number of amides is 1. The van der Waals surface area contributed by atoms with Crippen LogP contribution in [0.4, 0.5) is 0 Å². The summed E-state index contributed by atoms with van der Waals surface area (Å²) in [6.07, 6.45) is 2.84. The average Bonchev–Trinajstić information content (AvgIpc) is 3.22. The number of hydrogen-bond acceptors (Lipinski definition) is 2. The molecule has 0 radical (unpaired) electrons. The number of carbonyl (C=O) groups is 1. The van der Waals surface area contributed by atoms with Gasteiger partial charge in [-0.05, 0) is 31.2 Å². The fourth-order valence-corrected chi connectivity index (χ4v) is 2.21. The molecule has 1 aliphatic rings. The quantitative estimate of drug-likeness (QED) is 0.866. The van der Waals surface area contributed by atoms with Crippen LogP contribution in [-0.2, 0) is 4.79 Å². The van der Waals surface area contributed by atoms with Gasteiger partial charge in [0.1, 0.15) is 0 Å². The van der Waals surface area contributed by atoms with Crippen molar-refractivity contribution in [1.29, 1.82) is 0 Å². The molecule has 1 fully saturated rings. The second kappa shape index (κ2) is 5.53. The van der Waals surface area contributed by atoms with E-state index in [0.717, 1.165) is 5.56 Å². The van der Waals surface area contributed by atoms with Crippen LogP contribution in [0.2, 0.25) is 0 Å². The van der Waals surface area contributed by atoms with E-state index in [0.29, 0.717) is 12.3 Å². The Labute approximate surface area is 109 Å². The average molecular weight is 246 g/mol. The van der Waals surface area contributed by atoms with Crippen molar-refractivity contribution in [1.82, 2.24) is 4.90 Å². The van der Waals surface area contributed by atoms with Gasteiger partial charge in [-0.1, -0.05) is 30.3 Å². The molecule has 0 saturated heterocycles.